The summed E-state index contributed by atoms with van der Waals surface area (Å²) in [4.78, 5) is 24.7. The topological polar surface area (TPSA) is 91.3 Å². The monoisotopic (exact) mass is 414 g/mol. The third kappa shape index (κ3) is 4.26. The Balaban J connectivity index is 2.15. The van der Waals surface area contributed by atoms with E-state index in [1.54, 1.807) is 24.3 Å². The summed E-state index contributed by atoms with van der Waals surface area (Å²) in [5, 5.41) is 9.72. The van der Waals surface area contributed by atoms with Crippen molar-refractivity contribution in [1.82, 2.24) is 0 Å². The fourth-order valence-corrected chi connectivity index (χ4v) is 3.58. The number of aliphatic hydroxyl groups is 1. The molecule has 0 aliphatic carbocycles. The number of methoxy groups -OCH3 is 1. The van der Waals surface area contributed by atoms with Crippen LogP contribution in [0.1, 0.15) is 60.3 Å². The lowest BCUT2D eigenvalue weighted by Gasteiger charge is -2.23. The van der Waals surface area contributed by atoms with Gasteiger partial charge in [-0.05, 0) is 49.1 Å². The standard InChI is InChI=1S/C23H26O7/c1-12(2)8-18(28-14(4)25)16-6-7-17-20(22(16)27-5)23(26)30-19-10-13(3)9-15(11-24)21(19)29-17/h6-7,9-10,12,18,24H,8,11H2,1-5H3. The van der Waals surface area contributed by atoms with Crippen LogP contribution in [0.3, 0.4) is 0 Å². The van der Waals surface area contributed by atoms with Crippen molar-refractivity contribution in [2.45, 2.75) is 46.8 Å². The van der Waals surface area contributed by atoms with Crippen LogP contribution in [0.2, 0.25) is 0 Å². The van der Waals surface area contributed by atoms with Gasteiger partial charge in [-0.2, -0.15) is 0 Å². The zero-order chi connectivity index (χ0) is 22.0. The van der Waals surface area contributed by atoms with Gasteiger partial charge in [-0.3, -0.25) is 4.79 Å². The van der Waals surface area contributed by atoms with E-state index >= 15 is 0 Å². The summed E-state index contributed by atoms with van der Waals surface area (Å²) < 4.78 is 22.7. The molecule has 1 unspecified atom stereocenters. The summed E-state index contributed by atoms with van der Waals surface area (Å²) in [6.07, 6.45) is -0.0324. The average Bonchev–Trinajstić information content (AvgIpc) is 2.81. The second-order valence-corrected chi connectivity index (χ2v) is 7.69. The SMILES string of the molecule is COc1c(C(CC(C)C)OC(C)=O)ccc2c1C(=O)Oc1cc(C)cc(CO)c1O2. The smallest absolute Gasteiger partial charge is 0.351 e. The van der Waals surface area contributed by atoms with Gasteiger partial charge in [0.1, 0.15) is 23.2 Å². The van der Waals surface area contributed by atoms with E-state index in [9.17, 15) is 14.7 Å². The van der Waals surface area contributed by atoms with Crippen LogP contribution in [0.5, 0.6) is 23.0 Å². The van der Waals surface area contributed by atoms with Gasteiger partial charge in [-0.15, -0.1) is 0 Å². The highest BCUT2D eigenvalue weighted by Crippen LogP contribution is 2.46. The molecular weight excluding hydrogens is 388 g/mol. The van der Waals surface area contributed by atoms with Crippen LogP contribution in [0.4, 0.5) is 0 Å². The van der Waals surface area contributed by atoms with E-state index in [4.69, 9.17) is 18.9 Å². The second-order valence-electron chi connectivity index (χ2n) is 7.69. The molecule has 7 nitrogen and oxygen atoms in total. The summed E-state index contributed by atoms with van der Waals surface area (Å²) in [6, 6.07) is 6.79. The van der Waals surface area contributed by atoms with Crippen molar-refractivity contribution in [1.29, 1.82) is 0 Å². The maximum absolute atomic E-state index is 13.0. The highest BCUT2D eigenvalue weighted by atomic mass is 16.6. The average molecular weight is 414 g/mol. The minimum atomic E-state index is -0.650. The maximum atomic E-state index is 13.0. The molecule has 1 atom stereocenters. The number of carbonyl (C=O) groups is 2. The molecule has 0 radical (unpaired) electrons. The quantitative estimate of drug-likeness (QED) is 0.551. The number of carbonyl (C=O) groups excluding carboxylic acids is 2. The first-order valence-corrected chi connectivity index (χ1v) is 9.77. The number of rotatable bonds is 6. The number of aliphatic hydroxyl groups excluding tert-OH is 1. The highest BCUT2D eigenvalue weighted by Gasteiger charge is 2.32. The minimum absolute atomic E-state index is 0.105. The second kappa shape index (κ2) is 8.75. The molecule has 0 saturated heterocycles. The molecule has 0 fully saturated rings. The normalized spacial score (nSPS) is 13.5. The van der Waals surface area contributed by atoms with Gasteiger partial charge in [0.2, 0.25) is 0 Å². The molecule has 0 saturated carbocycles. The lowest BCUT2D eigenvalue weighted by molar-refractivity contribution is -0.147. The highest BCUT2D eigenvalue weighted by molar-refractivity contribution is 5.99. The summed E-state index contributed by atoms with van der Waals surface area (Å²) in [6.45, 7) is 6.93. The van der Waals surface area contributed by atoms with Gasteiger partial charge in [-0.1, -0.05) is 13.8 Å². The van der Waals surface area contributed by atoms with E-state index in [2.05, 4.69) is 0 Å². The Morgan fingerprint density at radius 3 is 2.50 bits per heavy atom. The molecule has 0 bridgehead atoms. The molecule has 2 aromatic carbocycles. The molecule has 3 rings (SSSR count). The predicted octanol–water partition coefficient (Wildman–Crippen LogP) is 4.47. The summed E-state index contributed by atoms with van der Waals surface area (Å²) in [5.41, 5.74) is 1.99. The number of ether oxygens (including phenoxy) is 4. The van der Waals surface area contributed by atoms with Crippen LogP contribution in [0.25, 0.3) is 0 Å². The van der Waals surface area contributed by atoms with E-state index < -0.39 is 18.0 Å². The number of aryl methyl sites for hydroxylation is 1. The van der Waals surface area contributed by atoms with Gasteiger partial charge in [0.05, 0.1) is 13.7 Å². The van der Waals surface area contributed by atoms with Crippen LogP contribution in [0, 0.1) is 12.8 Å². The lowest BCUT2D eigenvalue weighted by Crippen LogP contribution is -2.15. The Morgan fingerprint density at radius 1 is 1.17 bits per heavy atom. The van der Waals surface area contributed by atoms with E-state index in [-0.39, 0.29) is 41.1 Å². The van der Waals surface area contributed by atoms with Crippen molar-refractivity contribution in [2.75, 3.05) is 7.11 Å². The number of hydrogen-bond acceptors (Lipinski definition) is 7. The number of benzene rings is 2. The predicted molar refractivity (Wildman–Crippen MR) is 109 cm³/mol. The Bertz CT molecular complexity index is 978. The van der Waals surface area contributed by atoms with Crippen LogP contribution in [0.15, 0.2) is 24.3 Å². The molecule has 1 heterocycles. The number of esters is 2. The van der Waals surface area contributed by atoms with E-state index in [0.717, 1.165) is 5.56 Å². The molecular formula is C23H26O7. The number of hydrogen-bond donors (Lipinski definition) is 1. The van der Waals surface area contributed by atoms with Crippen molar-refractivity contribution in [2.24, 2.45) is 5.92 Å². The van der Waals surface area contributed by atoms with Crippen LogP contribution in [-0.4, -0.2) is 24.2 Å². The zero-order valence-corrected chi connectivity index (χ0v) is 17.8. The van der Waals surface area contributed by atoms with Gasteiger partial charge in [0, 0.05) is 18.1 Å². The fourth-order valence-electron chi connectivity index (χ4n) is 3.58. The van der Waals surface area contributed by atoms with Crippen molar-refractivity contribution in [3.05, 3.63) is 46.5 Å². The third-order valence-electron chi connectivity index (χ3n) is 4.76. The van der Waals surface area contributed by atoms with Gasteiger partial charge in [0.25, 0.3) is 0 Å². The molecule has 7 heteroatoms. The molecule has 0 spiro atoms. The molecule has 2 aromatic rings. The molecule has 160 valence electrons. The van der Waals surface area contributed by atoms with Crippen LogP contribution >= 0.6 is 0 Å². The molecule has 1 aliphatic heterocycles. The van der Waals surface area contributed by atoms with Gasteiger partial charge in [-0.25, -0.2) is 4.79 Å². The Morgan fingerprint density at radius 2 is 1.90 bits per heavy atom. The molecule has 1 N–H and O–H groups in total. The Hall–Kier alpha value is -3.06. The summed E-state index contributed by atoms with van der Waals surface area (Å²) in [5.74, 6) is 0.144. The van der Waals surface area contributed by atoms with Gasteiger partial charge >= 0.3 is 11.9 Å². The molecule has 30 heavy (non-hydrogen) atoms. The van der Waals surface area contributed by atoms with Crippen LogP contribution in [-0.2, 0) is 16.1 Å². The van der Waals surface area contributed by atoms with Crippen molar-refractivity contribution in [3.8, 4) is 23.0 Å². The Labute approximate surface area is 175 Å². The maximum Gasteiger partial charge on any atom is 0.351 e. The molecule has 0 amide bonds. The fraction of sp³-hybridized carbons (Fsp3) is 0.391. The minimum Gasteiger partial charge on any atom is -0.495 e. The van der Waals surface area contributed by atoms with Gasteiger partial charge < -0.3 is 24.1 Å². The summed E-state index contributed by atoms with van der Waals surface area (Å²) in [7, 11) is 1.44. The molecule has 0 aromatic heterocycles. The molecule has 1 aliphatic rings. The van der Waals surface area contributed by atoms with E-state index in [1.807, 2.05) is 20.8 Å². The first kappa shape index (κ1) is 21.6. The van der Waals surface area contributed by atoms with Crippen molar-refractivity contribution >= 4 is 11.9 Å². The van der Waals surface area contributed by atoms with E-state index in [0.29, 0.717) is 17.5 Å². The Kier molecular flexibility index (Phi) is 6.31. The third-order valence-corrected chi connectivity index (χ3v) is 4.76. The van der Waals surface area contributed by atoms with E-state index in [1.165, 1.54) is 14.0 Å². The van der Waals surface area contributed by atoms with Crippen molar-refractivity contribution < 1.29 is 33.6 Å². The largest absolute Gasteiger partial charge is 0.495 e. The first-order valence-electron chi connectivity index (χ1n) is 9.77. The first-order chi connectivity index (χ1) is 14.2. The van der Waals surface area contributed by atoms with Gasteiger partial charge in [0.15, 0.2) is 11.5 Å². The lowest BCUT2D eigenvalue weighted by atomic mass is 9.96. The summed E-state index contributed by atoms with van der Waals surface area (Å²) >= 11 is 0. The van der Waals surface area contributed by atoms with Crippen molar-refractivity contribution in [3.63, 3.8) is 0 Å². The number of fused-ring (bicyclic) bond motifs is 2. The van der Waals surface area contributed by atoms with Crippen LogP contribution < -0.4 is 14.2 Å². The zero-order valence-electron chi connectivity index (χ0n) is 17.8.